The van der Waals surface area contributed by atoms with Gasteiger partial charge in [0.2, 0.25) is 0 Å². The molecule has 3 nitrogen and oxygen atoms in total. The molecule has 0 aliphatic heterocycles. The van der Waals surface area contributed by atoms with Crippen molar-refractivity contribution in [2.75, 3.05) is 20.3 Å². The fourth-order valence-electron chi connectivity index (χ4n) is 2.57. The van der Waals surface area contributed by atoms with Crippen LogP contribution in [-0.4, -0.2) is 26.3 Å². The number of ether oxygens (including phenoxy) is 2. The lowest BCUT2D eigenvalue weighted by Gasteiger charge is -2.01. The summed E-state index contributed by atoms with van der Waals surface area (Å²) in [5.74, 6) is 11.4. The summed E-state index contributed by atoms with van der Waals surface area (Å²) < 4.78 is 9.75. The van der Waals surface area contributed by atoms with E-state index in [0.29, 0.717) is 26.1 Å². The fourth-order valence-corrected chi connectivity index (χ4v) is 2.57. The zero-order valence-corrected chi connectivity index (χ0v) is 17.0. The van der Waals surface area contributed by atoms with Crippen LogP contribution in [0.4, 0.5) is 0 Å². The maximum Gasteiger partial charge on any atom is 0.306 e. The van der Waals surface area contributed by atoms with E-state index in [0.717, 1.165) is 12.8 Å². The number of carbonyl (C=O) groups excluding carboxylic acids is 1. The van der Waals surface area contributed by atoms with Crippen molar-refractivity contribution in [3.63, 3.8) is 0 Å². The molecule has 0 fully saturated rings. The van der Waals surface area contributed by atoms with Crippen LogP contribution in [0.15, 0.2) is 0 Å². The monoisotopic (exact) mass is 362 g/mol. The number of esters is 1. The largest absolute Gasteiger partial charge is 0.463 e. The molecular weight excluding hydrogens is 324 g/mol. The van der Waals surface area contributed by atoms with Crippen LogP contribution in [0.1, 0.15) is 96.8 Å². The van der Waals surface area contributed by atoms with Crippen LogP contribution in [0.2, 0.25) is 0 Å². The average molecular weight is 363 g/mol. The highest BCUT2D eigenvalue weighted by molar-refractivity contribution is 5.69. The summed E-state index contributed by atoms with van der Waals surface area (Å²) in [5.41, 5.74) is 0. The van der Waals surface area contributed by atoms with Gasteiger partial charge in [0.1, 0.15) is 6.61 Å². The van der Waals surface area contributed by atoms with Gasteiger partial charge in [-0.2, -0.15) is 0 Å². The highest BCUT2D eigenvalue weighted by atomic mass is 16.6. The summed E-state index contributed by atoms with van der Waals surface area (Å²) in [6, 6.07) is 0. The van der Waals surface area contributed by atoms with Crippen molar-refractivity contribution in [2.24, 2.45) is 0 Å². The van der Waals surface area contributed by atoms with Crippen LogP contribution >= 0.6 is 0 Å². The summed E-state index contributed by atoms with van der Waals surface area (Å²) in [7, 11) is 1.58. The van der Waals surface area contributed by atoms with Crippen LogP contribution in [0.3, 0.4) is 0 Å². The van der Waals surface area contributed by atoms with Crippen molar-refractivity contribution >= 4 is 5.97 Å². The maximum absolute atomic E-state index is 11.3. The first-order valence-electron chi connectivity index (χ1n) is 10.4. The van der Waals surface area contributed by atoms with Crippen LogP contribution in [0.5, 0.6) is 0 Å². The number of unbranched alkanes of at least 4 members (excludes halogenated alkanes) is 11. The second kappa shape index (κ2) is 21.6. The van der Waals surface area contributed by atoms with E-state index in [-0.39, 0.29) is 5.97 Å². The molecule has 0 aromatic heterocycles. The Morgan fingerprint density at radius 1 is 0.731 bits per heavy atom. The van der Waals surface area contributed by atoms with Crippen LogP contribution in [0.25, 0.3) is 0 Å². The van der Waals surface area contributed by atoms with Gasteiger partial charge >= 0.3 is 5.97 Å². The van der Waals surface area contributed by atoms with Gasteiger partial charge in [0, 0.05) is 20.0 Å². The Kier molecular flexibility index (Phi) is 20.4. The van der Waals surface area contributed by atoms with Crippen LogP contribution < -0.4 is 0 Å². The van der Waals surface area contributed by atoms with Gasteiger partial charge in [-0.25, -0.2) is 0 Å². The summed E-state index contributed by atoms with van der Waals surface area (Å²) in [4.78, 5) is 11.3. The lowest BCUT2D eigenvalue weighted by atomic mass is 10.1. The molecule has 0 atom stereocenters. The Labute approximate surface area is 161 Å². The summed E-state index contributed by atoms with van der Waals surface area (Å²) in [5, 5.41) is 0. The molecule has 0 aliphatic carbocycles. The second-order valence-corrected chi connectivity index (χ2v) is 6.60. The average Bonchev–Trinajstić information content (AvgIpc) is 2.64. The first-order valence-corrected chi connectivity index (χ1v) is 10.4. The number of hydrogen-bond acceptors (Lipinski definition) is 3. The minimum absolute atomic E-state index is 0.231. The topological polar surface area (TPSA) is 35.5 Å². The molecule has 0 bridgehead atoms. The van der Waals surface area contributed by atoms with Gasteiger partial charge in [-0.3, -0.25) is 4.79 Å². The van der Waals surface area contributed by atoms with Gasteiger partial charge in [-0.05, 0) is 18.3 Å². The van der Waals surface area contributed by atoms with Gasteiger partial charge < -0.3 is 9.47 Å². The van der Waals surface area contributed by atoms with Crippen molar-refractivity contribution in [2.45, 2.75) is 96.8 Å². The Morgan fingerprint density at radius 2 is 1.27 bits per heavy atom. The minimum atomic E-state index is -0.231. The third-order valence-electron chi connectivity index (χ3n) is 4.15. The number of methoxy groups -OCH3 is 1. The molecule has 0 spiro atoms. The zero-order chi connectivity index (χ0) is 19.1. The minimum Gasteiger partial charge on any atom is -0.463 e. The van der Waals surface area contributed by atoms with Crippen molar-refractivity contribution in [3.05, 3.63) is 0 Å². The Morgan fingerprint density at radius 3 is 1.85 bits per heavy atom. The number of rotatable bonds is 16. The number of carbonyl (C=O) groups is 1. The fraction of sp³-hybridized carbons (Fsp3) is 0.783. The van der Waals surface area contributed by atoms with E-state index < -0.39 is 0 Å². The maximum atomic E-state index is 11.3. The molecule has 0 radical (unpaired) electrons. The van der Waals surface area contributed by atoms with Crippen LogP contribution in [-0.2, 0) is 14.3 Å². The first-order chi connectivity index (χ1) is 12.8. The van der Waals surface area contributed by atoms with Crippen molar-refractivity contribution in [3.8, 4) is 23.7 Å². The summed E-state index contributed by atoms with van der Waals surface area (Å²) in [6.07, 6.45) is 16.6. The predicted octanol–water partition coefficient (Wildman–Crippen LogP) is 5.66. The van der Waals surface area contributed by atoms with E-state index in [4.69, 9.17) is 9.47 Å². The highest BCUT2D eigenvalue weighted by Gasteiger charge is 1.99. The second-order valence-electron chi connectivity index (χ2n) is 6.60. The van der Waals surface area contributed by atoms with Crippen molar-refractivity contribution in [1.29, 1.82) is 0 Å². The van der Waals surface area contributed by atoms with E-state index in [9.17, 15) is 4.79 Å². The van der Waals surface area contributed by atoms with Crippen molar-refractivity contribution < 1.29 is 14.3 Å². The van der Waals surface area contributed by atoms with E-state index in [2.05, 4.69) is 30.6 Å². The first kappa shape index (κ1) is 24.6. The molecule has 0 rings (SSSR count). The number of hydrogen-bond donors (Lipinski definition) is 0. The lowest BCUT2D eigenvalue weighted by molar-refractivity contribution is -0.144. The Balaban J connectivity index is 3.34. The molecule has 0 unspecified atom stereocenters. The molecule has 0 heterocycles. The van der Waals surface area contributed by atoms with E-state index >= 15 is 0 Å². The summed E-state index contributed by atoms with van der Waals surface area (Å²) in [6.45, 7) is 3.00. The molecule has 3 heteroatoms. The predicted molar refractivity (Wildman–Crippen MR) is 109 cm³/mol. The van der Waals surface area contributed by atoms with Crippen LogP contribution in [0, 0.1) is 23.7 Å². The third kappa shape index (κ3) is 20.6. The Hall–Kier alpha value is -1.45. The van der Waals surface area contributed by atoms with Gasteiger partial charge in [0.15, 0.2) is 0 Å². The molecule has 0 aromatic rings. The van der Waals surface area contributed by atoms with Gasteiger partial charge in [-0.15, -0.1) is 0 Å². The molecule has 0 N–H and O–H groups in total. The SMILES string of the molecule is CCCCCCCCCCCCCC#CC#CCCC(=O)OCCOC. The summed E-state index contributed by atoms with van der Waals surface area (Å²) >= 11 is 0. The molecule has 0 aliphatic rings. The van der Waals surface area contributed by atoms with Gasteiger partial charge in [-0.1, -0.05) is 83.0 Å². The standard InChI is InChI=1S/C23H38O3/c1-3-4-5-6-7-8-9-10-11-12-13-14-15-16-17-18-19-20-23(24)26-22-21-25-2/h3-14,19-22H2,1-2H3. The van der Waals surface area contributed by atoms with Gasteiger partial charge in [0.05, 0.1) is 13.0 Å². The highest BCUT2D eigenvalue weighted by Crippen LogP contribution is 2.11. The van der Waals surface area contributed by atoms with Gasteiger partial charge in [0.25, 0.3) is 0 Å². The lowest BCUT2D eigenvalue weighted by Crippen LogP contribution is -2.08. The van der Waals surface area contributed by atoms with Crippen molar-refractivity contribution in [1.82, 2.24) is 0 Å². The quantitative estimate of drug-likeness (QED) is 0.202. The molecule has 148 valence electrons. The molecule has 26 heavy (non-hydrogen) atoms. The van der Waals surface area contributed by atoms with E-state index in [1.54, 1.807) is 7.11 Å². The van der Waals surface area contributed by atoms with E-state index in [1.165, 1.54) is 64.2 Å². The third-order valence-corrected chi connectivity index (χ3v) is 4.15. The molecule has 0 saturated carbocycles. The van der Waals surface area contributed by atoms with E-state index in [1.807, 2.05) is 0 Å². The Bertz CT molecular complexity index is 434. The smallest absolute Gasteiger partial charge is 0.306 e. The molecular formula is C23H38O3. The molecule has 0 amide bonds. The molecule has 0 saturated heterocycles. The molecule has 0 aromatic carbocycles. The zero-order valence-electron chi connectivity index (χ0n) is 17.0. The normalized spacial score (nSPS) is 9.77.